The van der Waals surface area contributed by atoms with Crippen LogP contribution in [-0.4, -0.2) is 21.4 Å². The second-order valence-electron chi connectivity index (χ2n) is 6.50. The molecule has 1 aromatic heterocycles. The van der Waals surface area contributed by atoms with Crippen LogP contribution in [0.15, 0.2) is 79.1 Å². The van der Waals surface area contributed by atoms with E-state index < -0.39 is 0 Å². The first-order valence-electron chi connectivity index (χ1n) is 8.69. The van der Waals surface area contributed by atoms with Gasteiger partial charge in [0.2, 0.25) is 0 Å². The number of amides is 2. The molecule has 0 aliphatic carbocycles. The molecule has 0 spiro atoms. The fraction of sp³-hybridized carbons (Fsp3) is 0.0455. The van der Waals surface area contributed by atoms with Gasteiger partial charge in [-0.05, 0) is 29.8 Å². The number of nitrogens with zero attached hydrogens (tertiary/aromatic N) is 3. The molecule has 130 valence electrons. The summed E-state index contributed by atoms with van der Waals surface area (Å²) in [6, 6.07) is 22.5. The quantitative estimate of drug-likeness (QED) is 0.525. The lowest BCUT2D eigenvalue weighted by molar-refractivity contribution is 0.0926. The second-order valence-corrected chi connectivity index (χ2v) is 6.50. The van der Waals surface area contributed by atoms with Crippen molar-refractivity contribution in [1.29, 1.82) is 0 Å². The molecule has 0 saturated carbocycles. The molecule has 5 nitrogen and oxygen atoms in total. The molecule has 0 unspecified atom stereocenters. The van der Waals surface area contributed by atoms with Crippen LogP contribution in [0.25, 0.3) is 11.0 Å². The molecule has 5 heteroatoms. The fourth-order valence-corrected chi connectivity index (χ4v) is 3.60. The van der Waals surface area contributed by atoms with Crippen molar-refractivity contribution < 1.29 is 9.59 Å². The van der Waals surface area contributed by atoms with Gasteiger partial charge < -0.3 is 4.57 Å². The number of imide groups is 1. The Morgan fingerprint density at radius 2 is 1.48 bits per heavy atom. The van der Waals surface area contributed by atoms with E-state index in [-0.39, 0.29) is 11.8 Å². The van der Waals surface area contributed by atoms with Crippen molar-refractivity contribution in [2.45, 2.75) is 6.54 Å². The van der Waals surface area contributed by atoms with Gasteiger partial charge in [-0.25, -0.2) is 9.88 Å². The van der Waals surface area contributed by atoms with Crippen LogP contribution in [0.3, 0.4) is 0 Å². The highest BCUT2D eigenvalue weighted by molar-refractivity contribution is 6.37. The molecule has 0 N–H and O–H groups in total. The highest BCUT2D eigenvalue weighted by Crippen LogP contribution is 2.33. The average Bonchev–Trinajstić information content (AvgIpc) is 3.22. The lowest BCUT2D eigenvalue weighted by Gasteiger charge is -2.13. The van der Waals surface area contributed by atoms with E-state index in [0.29, 0.717) is 34.4 Å². The maximum atomic E-state index is 13.2. The maximum absolute atomic E-state index is 13.2. The maximum Gasteiger partial charge on any atom is 0.268 e. The number of anilines is 1. The Labute approximate surface area is 155 Å². The molecule has 0 atom stereocenters. The van der Waals surface area contributed by atoms with E-state index in [1.54, 1.807) is 30.6 Å². The van der Waals surface area contributed by atoms with Crippen LogP contribution in [0, 0.1) is 0 Å². The molecule has 2 heterocycles. The number of hydrogen-bond acceptors (Lipinski definition) is 3. The van der Waals surface area contributed by atoms with Crippen LogP contribution in [0.1, 0.15) is 26.3 Å². The predicted octanol–water partition coefficient (Wildman–Crippen LogP) is 3.89. The van der Waals surface area contributed by atoms with Gasteiger partial charge >= 0.3 is 0 Å². The largest absolute Gasteiger partial charge is 0.325 e. The molecule has 3 aromatic carbocycles. The first-order chi connectivity index (χ1) is 13.2. The van der Waals surface area contributed by atoms with Gasteiger partial charge in [0.15, 0.2) is 0 Å². The van der Waals surface area contributed by atoms with E-state index >= 15 is 0 Å². The van der Waals surface area contributed by atoms with Gasteiger partial charge in [-0.2, -0.15) is 0 Å². The van der Waals surface area contributed by atoms with Crippen LogP contribution in [0.2, 0.25) is 0 Å². The summed E-state index contributed by atoms with van der Waals surface area (Å²) in [6.07, 6.45) is 1.72. The molecule has 0 fully saturated rings. The minimum absolute atomic E-state index is 0.296. The summed E-state index contributed by atoms with van der Waals surface area (Å²) in [5.74, 6) is -0.600. The highest BCUT2D eigenvalue weighted by Gasteiger charge is 2.39. The fourth-order valence-electron chi connectivity index (χ4n) is 3.60. The van der Waals surface area contributed by atoms with E-state index in [2.05, 4.69) is 4.98 Å². The standard InChI is InChI=1S/C22H15N3O2/c26-21-17-11-12-18-20(24(14-23-18)13-15-7-3-1-4-8-15)19(17)22(27)25(21)16-9-5-2-6-10-16/h1-12,14H,13H2. The molecule has 0 saturated heterocycles. The minimum Gasteiger partial charge on any atom is -0.325 e. The number of carbonyl (C=O) groups excluding carboxylic acids is 2. The zero-order valence-electron chi connectivity index (χ0n) is 14.4. The molecular weight excluding hydrogens is 338 g/mol. The predicted molar refractivity (Wildman–Crippen MR) is 103 cm³/mol. The molecule has 0 bridgehead atoms. The number of benzene rings is 3. The number of imidazole rings is 1. The Morgan fingerprint density at radius 1 is 0.778 bits per heavy atom. The van der Waals surface area contributed by atoms with Gasteiger partial charge in [0.1, 0.15) is 0 Å². The Morgan fingerprint density at radius 3 is 2.22 bits per heavy atom. The van der Waals surface area contributed by atoms with Gasteiger partial charge in [0.05, 0.1) is 34.2 Å². The number of hydrogen-bond donors (Lipinski definition) is 0. The molecule has 0 radical (unpaired) electrons. The van der Waals surface area contributed by atoms with E-state index in [1.165, 1.54) is 4.90 Å². The Kier molecular flexibility index (Phi) is 3.40. The zero-order chi connectivity index (χ0) is 18.4. The lowest BCUT2D eigenvalue weighted by Crippen LogP contribution is -2.29. The molecular formula is C22H15N3O2. The highest BCUT2D eigenvalue weighted by atomic mass is 16.2. The molecule has 27 heavy (non-hydrogen) atoms. The van der Waals surface area contributed by atoms with Crippen molar-refractivity contribution in [3.8, 4) is 0 Å². The molecule has 4 aromatic rings. The molecule has 1 aliphatic heterocycles. The number of fused-ring (bicyclic) bond motifs is 3. The summed E-state index contributed by atoms with van der Waals surface area (Å²) in [5.41, 5.74) is 3.94. The SMILES string of the molecule is O=C1c2ccc3ncn(Cc4ccccc4)c3c2C(=O)N1c1ccccc1. The minimum atomic E-state index is -0.304. The Balaban J connectivity index is 1.67. The lowest BCUT2D eigenvalue weighted by atomic mass is 10.1. The van der Waals surface area contributed by atoms with Crippen LogP contribution in [0.5, 0.6) is 0 Å². The van der Waals surface area contributed by atoms with Crippen molar-refractivity contribution in [3.05, 3.63) is 95.8 Å². The van der Waals surface area contributed by atoms with Crippen LogP contribution in [0.4, 0.5) is 5.69 Å². The normalized spacial score (nSPS) is 13.4. The summed E-state index contributed by atoms with van der Waals surface area (Å²) >= 11 is 0. The van der Waals surface area contributed by atoms with Crippen LogP contribution >= 0.6 is 0 Å². The number of rotatable bonds is 3. The van der Waals surface area contributed by atoms with Crippen molar-refractivity contribution in [2.75, 3.05) is 4.90 Å². The van der Waals surface area contributed by atoms with E-state index in [9.17, 15) is 9.59 Å². The third-order valence-electron chi connectivity index (χ3n) is 4.84. The monoisotopic (exact) mass is 353 g/mol. The van der Waals surface area contributed by atoms with Gasteiger partial charge in [-0.1, -0.05) is 48.5 Å². The molecule has 5 rings (SSSR count). The van der Waals surface area contributed by atoms with Crippen molar-refractivity contribution in [1.82, 2.24) is 9.55 Å². The summed E-state index contributed by atoms with van der Waals surface area (Å²) in [5, 5.41) is 0. The summed E-state index contributed by atoms with van der Waals surface area (Å²) in [4.78, 5) is 31.8. The second kappa shape index (κ2) is 5.92. The third kappa shape index (κ3) is 2.36. The van der Waals surface area contributed by atoms with Crippen molar-refractivity contribution >= 4 is 28.5 Å². The number of para-hydroxylation sites is 1. The summed E-state index contributed by atoms with van der Waals surface area (Å²) < 4.78 is 1.93. The Bertz CT molecular complexity index is 1180. The van der Waals surface area contributed by atoms with E-state index in [4.69, 9.17) is 0 Å². The van der Waals surface area contributed by atoms with Crippen molar-refractivity contribution in [3.63, 3.8) is 0 Å². The topological polar surface area (TPSA) is 55.2 Å². The zero-order valence-corrected chi connectivity index (χ0v) is 14.4. The van der Waals surface area contributed by atoms with Gasteiger partial charge in [-0.15, -0.1) is 0 Å². The van der Waals surface area contributed by atoms with Crippen LogP contribution < -0.4 is 4.90 Å². The van der Waals surface area contributed by atoms with Crippen LogP contribution in [-0.2, 0) is 6.54 Å². The Hall–Kier alpha value is -3.73. The van der Waals surface area contributed by atoms with E-state index in [1.807, 2.05) is 53.1 Å². The smallest absolute Gasteiger partial charge is 0.268 e. The summed E-state index contributed by atoms with van der Waals surface area (Å²) in [6.45, 7) is 0.584. The third-order valence-corrected chi connectivity index (χ3v) is 4.84. The first-order valence-corrected chi connectivity index (χ1v) is 8.69. The molecule has 1 aliphatic rings. The van der Waals surface area contributed by atoms with Gasteiger partial charge in [0.25, 0.3) is 11.8 Å². The average molecular weight is 353 g/mol. The number of carbonyl (C=O) groups is 2. The molecule has 2 amide bonds. The number of aromatic nitrogens is 2. The first kappa shape index (κ1) is 15.5. The van der Waals surface area contributed by atoms with Crippen molar-refractivity contribution in [2.24, 2.45) is 0 Å². The summed E-state index contributed by atoms with van der Waals surface area (Å²) in [7, 11) is 0. The van der Waals surface area contributed by atoms with Gasteiger partial charge in [0, 0.05) is 6.54 Å². The van der Waals surface area contributed by atoms with E-state index in [0.717, 1.165) is 5.56 Å². The van der Waals surface area contributed by atoms with Gasteiger partial charge in [-0.3, -0.25) is 9.59 Å².